The third kappa shape index (κ3) is 1.47. The minimum atomic E-state index is -0.203. The van der Waals surface area contributed by atoms with Crippen molar-refractivity contribution < 1.29 is 4.79 Å². The van der Waals surface area contributed by atoms with Crippen molar-refractivity contribution in [3.8, 4) is 0 Å². The van der Waals surface area contributed by atoms with E-state index in [4.69, 9.17) is 11.6 Å². The molecule has 13 heavy (non-hydrogen) atoms. The van der Waals surface area contributed by atoms with Gasteiger partial charge in [-0.3, -0.25) is 4.79 Å². The van der Waals surface area contributed by atoms with Crippen molar-refractivity contribution >= 4 is 28.9 Å². The van der Waals surface area contributed by atoms with Crippen molar-refractivity contribution in [2.24, 2.45) is 0 Å². The van der Waals surface area contributed by atoms with Crippen molar-refractivity contribution in [2.75, 3.05) is 10.6 Å². The number of benzene rings is 1. The molecule has 1 aliphatic rings. The summed E-state index contributed by atoms with van der Waals surface area (Å²) >= 11 is 5.81. The molecule has 1 atom stereocenters. The molecule has 1 heterocycles. The summed E-state index contributed by atoms with van der Waals surface area (Å²) in [7, 11) is 0. The van der Waals surface area contributed by atoms with Crippen LogP contribution in [-0.2, 0) is 4.79 Å². The first-order valence-corrected chi connectivity index (χ1v) is 4.41. The highest BCUT2D eigenvalue weighted by Crippen LogP contribution is 2.29. The zero-order chi connectivity index (χ0) is 9.42. The number of hydrogen-bond acceptors (Lipinski definition) is 2. The van der Waals surface area contributed by atoms with Gasteiger partial charge in [-0.05, 0) is 25.1 Å². The maximum atomic E-state index is 11.2. The number of rotatable bonds is 0. The molecule has 1 aromatic rings. The van der Waals surface area contributed by atoms with E-state index in [0.29, 0.717) is 5.02 Å². The average molecular weight is 197 g/mol. The van der Waals surface area contributed by atoms with E-state index in [0.717, 1.165) is 11.4 Å². The van der Waals surface area contributed by atoms with Crippen molar-refractivity contribution in [1.82, 2.24) is 0 Å². The van der Waals surface area contributed by atoms with Crippen LogP contribution in [0.2, 0.25) is 5.02 Å². The van der Waals surface area contributed by atoms with Gasteiger partial charge in [-0.15, -0.1) is 0 Å². The zero-order valence-corrected chi connectivity index (χ0v) is 7.85. The minimum absolute atomic E-state index is 0.0187. The Bertz CT molecular complexity index is 365. The van der Waals surface area contributed by atoms with Crippen LogP contribution in [0.4, 0.5) is 11.4 Å². The lowest BCUT2D eigenvalue weighted by atomic mass is 10.1. The Hall–Kier alpha value is -1.22. The van der Waals surface area contributed by atoms with Gasteiger partial charge in [-0.25, -0.2) is 0 Å². The standard InChI is InChI=1S/C9H9ClN2O/c1-5-9(13)12-7-3-2-6(10)4-8(7)11-5/h2-5,11H,1H3,(H,12,13)/t5-/m0/s1. The van der Waals surface area contributed by atoms with E-state index in [-0.39, 0.29) is 11.9 Å². The number of fused-ring (bicyclic) bond motifs is 1. The monoisotopic (exact) mass is 196 g/mol. The number of carbonyl (C=O) groups is 1. The van der Waals surface area contributed by atoms with Crippen molar-refractivity contribution in [2.45, 2.75) is 13.0 Å². The molecule has 0 saturated carbocycles. The molecule has 0 saturated heterocycles. The Labute approximate surface area is 81.1 Å². The van der Waals surface area contributed by atoms with Crippen molar-refractivity contribution in [3.05, 3.63) is 23.2 Å². The van der Waals surface area contributed by atoms with E-state index in [1.165, 1.54) is 0 Å². The molecule has 4 heteroatoms. The van der Waals surface area contributed by atoms with Gasteiger partial charge in [0.05, 0.1) is 11.4 Å². The first-order chi connectivity index (χ1) is 6.16. The van der Waals surface area contributed by atoms with Crippen LogP contribution in [0.15, 0.2) is 18.2 Å². The second-order valence-electron chi connectivity index (χ2n) is 3.05. The summed E-state index contributed by atoms with van der Waals surface area (Å²) < 4.78 is 0. The number of anilines is 2. The average Bonchev–Trinajstić information content (AvgIpc) is 2.08. The Morgan fingerprint density at radius 2 is 2.15 bits per heavy atom. The predicted molar refractivity (Wildman–Crippen MR) is 53.2 cm³/mol. The molecular weight excluding hydrogens is 188 g/mol. The molecule has 1 aliphatic heterocycles. The van der Waals surface area contributed by atoms with E-state index < -0.39 is 0 Å². The topological polar surface area (TPSA) is 41.1 Å². The van der Waals surface area contributed by atoms with Crippen LogP contribution in [0.3, 0.4) is 0 Å². The van der Waals surface area contributed by atoms with Crippen LogP contribution in [0.25, 0.3) is 0 Å². The lowest BCUT2D eigenvalue weighted by molar-refractivity contribution is -0.116. The molecule has 1 aromatic carbocycles. The normalized spacial score (nSPS) is 20.2. The Kier molecular flexibility index (Phi) is 1.88. The second kappa shape index (κ2) is 2.92. The summed E-state index contributed by atoms with van der Waals surface area (Å²) in [6.07, 6.45) is 0. The number of amides is 1. The Morgan fingerprint density at radius 3 is 2.92 bits per heavy atom. The highest BCUT2D eigenvalue weighted by molar-refractivity contribution is 6.31. The summed E-state index contributed by atoms with van der Waals surface area (Å²) in [5.41, 5.74) is 1.66. The Morgan fingerprint density at radius 1 is 1.38 bits per heavy atom. The molecule has 2 rings (SSSR count). The molecule has 0 radical (unpaired) electrons. The third-order valence-corrected chi connectivity index (χ3v) is 2.24. The highest BCUT2D eigenvalue weighted by atomic mass is 35.5. The van der Waals surface area contributed by atoms with Gasteiger partial charge in [-0.1, -0.05) is 11.6 Å². The van der Waals surface area contributed by atoms with Crippen LogP contribution in [0.5, 0.6) is 0 Å². The number of carbonyl (C=O) groups excluding carboxylic acids is 1. The van der Waals surface area contributed by atoms with E-state index in [1.54, 1.807) is 25.1 Å². The smallest absolute Gasteiger partial charge is 0.246 e. The molecule has 3 nitrogen and oxygen atoms in total. The lowest BCUT2D eigenvalue weighted by Crippen LogP contribution is -2.36. The number of halogens is 1. The lowest BCUT2D eigenvalue weighted by Gasteiger charge is -2.24. The molecule has 0 spiro atoms. The minimum Gasteiger partial charge on any atom is -0.372 e. The maximum absolute atomic E-state index is 11.2. The maximum Gasteiger partial charge on any atom is 0.246 e. The molecule has 0 bridgehead atoms. The van der Waals surface area contributed by atoms with Gasteiger partial charge in [-0.2, -0.15) is 0 Å². The number of nitrogens with one attached hydrogen (secondary N) is 2. The van der Waals surface area contributed by atoms with Crippen LogP contribution < -0.4 is 10.6 Å². The summed E-state index contributed by atoms with van der Waals surface area (Å²) in [5.74, 6) is -0.0187. The number of hydrogen-bond donors (Lipinski definition) is 2. The molecule has 68 valence electrons. The molecule has 0 fully saturated rings. The van der Waals surface area contributed by atoms with Crippen molar-refractivity contribution in [1.29, 1.82) is 0 Å². The fourth-order valence-corrected chi connectivity index (χ4v) is 1.46. The van der Waals surface area contributed by atoms with Gasteiger partial charge < -0.3 is 10.6 Å². The third-order valence-electron chi connectivity index (χ3n) is 2.00. The summed E-state index contributed by atoms with van der Waals surface area (Å²) in [4.78, 5) is 11.2. The first-order valence-electron chi connectivity index (χ1n) is 4.04. The zero-order valence-electron chi connectivity index (χ0n) is 7.10. The molecule has 0 aromatic heterocycles. The van der Waals surface area contributed by atoms with Crippen LogP contribution in [0, 0.1) is 0 Å². The second-order valence-corrected chi connectivity index (χ2v) is 3.48. The van der Waals surface area contributed by atoms with E-state index >= 15 is 0 Å². The van der Waals surface area contributed by atoms with Gasteiger partial charge in [0, 0.05) is 5.02 Å². The largest absolute Gasteiger partial charge is 0.372 e. The molecule has 1 amide bonds. The van der Waals surface area contributed by atoms with Gasteiger partial charge >= 0.3 is 0 Å². The highest BCUT2D eigenvalue weighted by Gasteiger charge is 2.20. The molecular formula is C9H9ClN2O. The Balaban J connectivity index is 2.42. The van der Waals surface area contributed by atoms with Gasteiger partial charge in [0.25, 0.3) is 0 Å². The van der Waals surface area contributed by atoms with Crippen molar-refractivity contribution in [3.63, 3.8) is 0 Å². The SMILES string of the molecule is C[C@@H]1Nc2cc(Cl)ccc2NC1=O. The van der Waals surface area contributed by atoms with Crippen LogP contribution >= 0.6 is 11.6 Å². The first kappa shape index (κ1) is 8.38. The molecule has 2 N–H and O–H groups in total. The van der Waals surface area contributed by atoms with Crippen LogP contribution in [-0.4, -0.2) is 11.9 Å². The summed E-state index contributed by atoms with van der Waals surface area (Å²) in [6.45, 7) is 1.80. The fourth-order valence-electron chi connectivity index (χ4n) is 1.28. The van der Waals surface area contributed by atoms with Crippen LogP contribution in [0.1, 0.15) is 6.92 Å². The van der Waals surface area contributed by atoms with Gasteiger partial charge in [0.15, 0.2) is 0 Å². The molecule has 0 aliphatic carbocycles. The van der Waals surface area contributed by atoms with Gasteiger partial charge in [0.2, 0.25) is 5.91 Å². The summed E-state index contributed by atoms with van der Waals surface area (Å²) in [6, 6.07) is 5.13. The van der Waals surface area contributed by atoms with E-state index in [1.807, 2.05) is 0 Å². The predicted octanol–water partition coefficient (Wildman–Crippen LogP) is 2.09. The van der Waals surface area contributed by atoms with E-state index in [9.17, 15) is 4.79 Å². The van der Waals surface area contributed by atoms with Gasteiger partial charge in [0.1, 0.15) is 6.04 Å². The summed E-state index contributed by atoms with van der Waals surface area (Å²) in [5, 5.41) is 6.49. The quantitative estimate of drug-likeness (QED) is 0.667. The fraction of sp³-hybridized carbons (Fsp3) is 0.222. The van der Waals surface area contributed by atoms with E-state index in [2.05, 4.69) is 10.6 Å². The molecule has 0 unspecified atom stereocenters.